The maximum atomic E-state index is 12.6. The zero-order valence-corrected chi connectivity index (χ0v) is 19.4. The summed E-state index contributed by atoms with van der Waals surface area (Å²) in [4.78, 5) is 29.5. The number of ether oxygens (including phenoxy) is 2. The molecule has 1 heterocycles. The lowest BCUT2D eigenvalue weighted by molar-refractivity contribution is 0.0957. The summed E-state index contributed by atoms with van der Waals surface area (Å²) in [5, 5.41) is 9.03. The smallest absolute Gasteiger partial charge is 0.325 e. The van der Waals surface area contributed by atoms with Gasteiger partial charge in [-0.05, 0) is 49.2 Å². The first kappa shape index (κ1) is 23.4. The average molecular weight is 475 g/mol. The summed E-state index contributed by atoms with van der Waals surface area (Å²) in [6.07, 6.45) is 0.622. The number of anilines is 2. The van der Waals surface area contributed by atoms with E-state index in [0.717, 1.165) is 16.9 Å². The fraction of sp³-hybridized carbons (Fsp3) is 0.227. The van der Waals surface area contributed by atoms with Crippen LogP contribution in [-0.2, 0) is 6.42 Å². The maximum absolute atomic E-state index is 12.6. The molecule has 0 spiro atoms. The number of amides is 3. The molecule has 0 atom stereocenters. The van der Waals surface area contributed by atoms with E-state index in [1.807, 2.05) is 18.2 Å². The van der Waals surface area contributed by atoms with Crippen molar-refractivity contribution in [2.75, 3.05) is 31.4 Å². The van der Waals surface area contributed by atoms with Gasteiger partial charge in [-0.3, -0.25) is 10.1 Å². The molecule has 0 bridgehead atoms. The quantitative estimate of drug-likeness (QED) is 0.437. The highest BCUT2D eigenvalue weighted by molar-refractivity contribution is 7.17. The molecule has 0 fully saturated rings. The van der Waals surface area contributed by atoms with Crippen LogP contribution in [0.5, 0.6) is 11.5 Å². The van der Waals surface area contributed by atoms with Crippen molar-refractivity contribution in [1.82, 2.24) is 10.3 Å². The van der Waals surface area contributed by atoms with Gasteiger partial charge in [-0.1, -0.05) is 35.1 Å². The van der Waals surface area contributed by atoms with Gasteiger partial charge in [0.2, 0.25) is 0 Å². The van der Waals surface area contributed by atoms with Crippen LogP contribution in [0.25, 0.3) is 0 Å². The summed E-state index contributed by atoms with van der Waals surface area (Å²) in [5.74, 6) is 1.05. The Balaban J connectivity index is 1.54. The van der Waals surface area contributed by atoms with Gasteiger partial charge in [0.15, 0.2) is 16.6 Å². The Labute approximate surface area is 194 Å². The molecule has 8 nitrogen and oxygen atoms in total. The predicted molar refractivity (Wildman–Crippen MR) is 127 cm³/mol. The second-order valence-electron chi connectivity index (χ2n) is 6.72. The fourth-order valence-electron chi connectivity index (χ4n) is 2.92. The molecule has 168 valence electrons. The first-order valence-corrected chi connectivity index (χ1v) is 10.9. The summed E-state index contributed by atoms with van der Waals surface area (Å²) in [6, 6.07) is 12.0. The Morgan fingerprint density at radius 2 is 1.84 bits per heavy atom. The van der Waals surface area contributed by atoms with E-state index in [1.54, 1.807) is 45.4 Å². The topological polar surface area (TPSA) is 102 Å². The van der Waals surface area contributed by atoms with Crippen LogP contribution in [0.3, 0.4) is 0 Å². The Kier molecular flexibility index (Phi) is 7.91. The molecular weight excluding hydrogens is 452 g/mol. The minimum Gasteiger partial charge on any atom is -0.493 e. The Bertz CT molecular complexity index is 1120. The van der Waals surface area contributed by atoms with Gasteiger partial charge in [-0.2, -0.15) is 0 Å². The molecule has 0 aliphatic carbocycles. The van der Waals surface area contributed by atoms with Crippen LogP contribution >= 0.6 is 22.9 Å². The lowest BCUT2D eigenvalue weighted by Crippen LogP contribution is -2.25. The van der Waals surface area contributed by atoms with Gasteiger partial charge < -0.3 is 20.1 Å². The zero-order valence-electron chi connectivity index (χ0n) is 17.8. The minimum atomic E-state index is -0.471. The Morgan fingerprint density at radius 3 is 2.56 bits per heavy atom. The zero-order chi connectivity index (χ0) is 23.1. The van der Waals surface area contributed by atoms with Gasteiger partial charge in [0.1, 0.15) is 4.88 Å². The van der Waals surface area contributed by atoms with Crippen LogP contribution in [0, 0.1) is 6.92 Å². The molecule has 2 aromatic carbocycles. The monoisotopic (exact) mass is 474 g/mol. The van der Waals surface area contributed by atoms with E-state index in [2.05, 4.69) is 20.9 Å². The minimum absolute atomic E-state index is 0.247. The largest absolute Gasteiger partial charge is 0.493 e. The predicted octanol–water partition coefficient (Wildman–Crippen LogP) is 4.74. The number of aryl methyl sites for hydroxylation is 1. The molecule has 3 rings (SSSR count). The summed E-state index contributed by atoms with van der Waals surface area (Å²) in [7, 11) is 3.16. The molecule has 0 saturated heterocycles. The number of urea groups is 1. The third-order valence-corrected chi connectivity index (χ3v) is 5.76. The number of carbonyl (C=O) groups excluding carboxylic acids is 2. The second kappa shape index (κ2) is 10.8. The van der Waals surface area contributed by atoms with Gasteiger partial charge in [0, 0.05) is 17.3 Å². The maximum Gasteiger partial charge on any atom is 0.325 e. The number of hydrogen-bond donors (Lipinski definition) is 3. The van der Waals surface area contributed by atoms with Crippen molar-refractivity contribution >= 4 is 45.7 Å². The van der Waals surface area contributed by atoms with Crippen molar-refractivity contribution in [3.63, 3.8) is 0 Å². The number of methoxy groups -OCH3 is 2. The highest BCUT2D eigenvalue weighted by Gasteiger charge is 2.16. The van der Waals surface area contributed by atoms with Crippen LogP contribution in [0.4, 0.5) is 15.6 Å². The van der Waals surface area contributed by atoms with Crippen LogP contribution in [0.2, 0.25) is 5.02 Å². The van der Waals surface area contributed by atoms with Crippen molar-refractivity contribution in [3.8, 4) is 11.5 Å². The molecule has 0 aliphatic heterocycles. The van der Waals surface area contributed by atoms with Crippen molar-refractivity contribution < 1.29 is 19.1 Å². The van der Waals surface area contributed by atoms with Gasteiger partial charge in [0.05, 0.1) is 19.9 Å². The van der Waals surface area contributed by atoms with Crippen molar-refractivity contribution in [2.45, 2.75) is 13.3 Å². The van der Waals surface area contributed by atoms with Gasteiger partial charge >= 0.3 is 6.03 Å². The second-order valence-corrected chi connectivity index (χ2v) is 8.15. The van der Waals surface area contributed by atoms with Gasteiger partial charge in [-0.25, -0.2) is 9.78 Å². The number of rotatable bonds is 8. The molecule has 0 unspecified atom stereocenters. The van der Waals surface area contributed by atoms with Crippen molar-refractivity contribution in [3.05, 3.63) is 63.6 Å². The molecule has 10 heteroatoms. The normalized spacial score (nSPS) is 10.4. The average Bonchev–Trinajstić information content (AvgIpc) is 3.13. The number of carbonyl (C=O) groups is 2. The third-order valence-electron chi connectivity index (χ3n) is 4.45. The van der Waals surface area contributed by atoms with Crippen molar-refractivity contribution in [2.24, 2.45) is 0 Å². The molecule has 0 radical (unpaired) electrons. The van der Waals surface area contributed by atoms with Crippen molar-refractivity contribution in [1.29, 1.82) is 0 Å². The summed E-state index contributed by atoms with van der Waals surface area (Å²) >= 11 is 7.03. The van der Waals surface area contributed by atoms with Crippen LogP contribution in [-0.4, -0.2) is 37.7 Å². The van der Waals surface area contributed by atoms with E-state index >= 15 is 0 Å². The van der Waals surface area contributed by atoms with E-state index in [0.29, 0.717) is 50.9 Å². The molecule has 32 heavy (non-hydrogen) atoms. The number of nitrogens with one attached hydrogen (secondary N) is 3. The number of hydrogen-bond acceptors (Lipinski definition) is 6. The third kappa shape index (κ3) is 6.12. The molecular formula is C22H23ClN4O4S. The SMILES string of the molecule is COc1ccc(CCNC(=O)c2sc(NC(=O)Nc3cccc(Cl)c3)nc2C)cc1OC. The van der Waals surface area contributed by atoms with E-state index < -0.39 is 6.03 Å². The standard InChI is InChI=1S/C22H23ClN4O4S/c1-13-19(20(28)24-10-9-14-7-8-17(30-2)18(11-14)31-3)32-22(25-13)27-21(29)26-16-6-4-5-15(23)12-16/h4-8,11-12H,9-10H2,1-3H3,(H,24,28)(H2,25,26,27,29). The van der Waals surface area contributed by atoms with Crippen LogP contribution in [0.1, 0.15) is 20.9 Å². The number of benzene rings is 2. The molecule has 1 aromatic heterocycles. The molecule has 0 saturated carbocycles. The van der Waals surface area contributed by atoms with Crippen LogP contribution in [0.15, 0.2) is 42.5 Å². The highest BCUT2D eigenvalue weighted by atomic mass is 35.5. The lowest BCUT2D eigenvalue weighted by atomic mass is 10.1. The van der Waals surface area contributed by atoms with E-state index in [4.69, 9.17) is 21.1 Å². The first-order valence-electron chi connectivity index (χ1n) is 9.69. The van der Waals surface area contributed by atoms with E-state index in [-0.39, 0.29) is 5.91 Å². The molecule has 3 N–H and O–H groups in total. The van der Waals surface area contributed by atoms with Gasteiger partial charge in [-0.15, -0.1) is 0 Å². The van der Waals surface area contributed by atoms with E-state index in [9.17, 15) is 9.59 Å². The van der Waals surface area contributed by atoms with E-state index in [1.165, 1.54) is 0 Å². The summed E-state index contributed by atoms with van der Waals surface area (Å²) in [5.41, 5.74) is 2.09. The highest BCUT2D eigenvalue weighted by Crippen LogP contribution is 2.28. The Hall–Kier alpha value is -3.30. The lowest BCUT2D eigenvalue weighted by Gasteiger charge is -2.10. The molecule has 3 aromatic rings. The molecule has 0 aliphatic rings. The summed E-state index contributed by atoms with van der Waals surface area (Å²) < 4.78 is 10.5. The number of thiazole rings is 1. The van der Waals surface area contributed by atoms with Gasteiger partial charge in [0.25, 0.3) is 5.91 Å². The fourth-order valence-corrected chi connectivity index (χ4v) is 3.99. The summed E-state index contributed by atoms with van der Waals surface area (Å²) in [6.45, 7) is 2.16. The number of halogens is 1. The molecule has 3 amide bonds. The number of nitrogens with zero attached hydrogens (tertiary/aromatic N) is 1. The Morgan fingerprint density at radius 1 is 1.06 bits per heavy atom. The van der Waals surface area contributed by atoms with Crippen LogP contribution < -0.4 is 25.4 Å². The first-order chi connectivity index (χ1) is 15.4. The number of aromatic nitrogens is 1.